The molecular formula is C21H26. The Morgan fingerprint density at radius 3 is 2.57 bits per heavy atom. The van der Waals surface area contributed by atoms with Gasteiger partial charge >= 0.3 is 0 Å². The number of rotatable bonds is 0. The van der Waals surface area contributed by atoms with E-state index in [1.165, 1.54) is 53.5 Å². The van der Waals surface area contributed by atoms with E-state index in [0.717, 1.165) is 5.92 Å². The lowest BCUT2D eigenvalue weighted by Gasteiger charge is -2.25. The number of fused-ring (bicyclic) bond motifs is 3. The predicted octanol–water partition coefficient (Wildman–Crippen LogP) is 6.13. The minimum absolute atomic E-state index is 0.633. The van der Waals surface area contributed by atoms with Crippen molar-refractivity contribution in [2.75, 3.05) is 0 Å². The molecule has 0 N–H and O–H groups in total. The summed E-state index contributed by atoms with van der Waals surface area (Å²) >= 11 is 0. The molecule has 0 amide bonds. The van der Waals surface area contributed by atoms with Crippen molar-refractivity contribution in [2.45, 2.75) is 52.4 Å². The van der Waals surface area contributed by atoms with Gasteiger partial charge in [0.1, 0.15) is 0 Å². The van der Waals surface area contributed by atoms with Gasteiger partial charge in [0.2, 0.25) is 0 Å². The third-order valence-electron chi connectivity index (χ3n) is 5.21. The second-order valence-electron chi connectivity index (χ2n) is 6.76. The molecule has 0 aliphatic heterocycles. The SMILES string of the molecule is Cc1ccc2c(c1)CCCCC(C)C(C)c1ccccc1-2. The maximum atomic E-state index is 2.42. The van der Waals surface area contributed by atoms with Crippen LogP contribution < -0.4 is 0 Å². The van der Waals surface area contributed by atoms with Gasteiger partial charge in [-0.2, -0.15) is 0 Å². The topological polar surface area (TPSA) is 0 Å². The zero-order valence-corrected chi connectivity index (χ0v) is 13.5. The minimum Gasteiger partial charge on any atom is -0.0619 e. The second kappa shape index (κ2) is 6.05. The standard InChI is InChI=1S/C21H26/c1-15-12-13-20-18(14-15)9-5-4-8-16(2)17(3)19-10-6-7-11-21(19)20/h6-7,10-14,16-17H,4-5,8-9H2,1-3H3. The van der Waals surface area contributed by atoms with E-state index in [1.54, 1.807) is 0 Å². The molecule has 1 aliphatic rings. The summed E-state index contributed by atoms with van der Waals surface area (Å²) in [4.78, 5) is 0. The zero-order chi connectivity index (χ0) is 14.8. The van der Waals surface area contributed by atoms with E-state index in [0.29, 0.717) is 5.92 Å². The van der Waals surface area contributed by atoms with Crippen molar-refractivity contribution >= 4 is 0 Å². The van der Waals surface area contributed by atoms with E-state index >= 15 is 0 Å². The summed E-state index contributed by atoms with van der Waals surface area (Å²) in [5.74, 6) is 1.40. The van der Waals surface area contributed by atoms with Crippen molar-refractivity contribution in [1.82, 2.24) is 0 Å². The van der Waals surface area contributed by atoms with Gasteiger partial charge in [-0.3, -0.25) is 0 Å². The summed E-state index contributed by atoms with van der Waals surface area (Å²) in [7, 11) is 0. The molecule has 0 radical (unpaired) electrons. The van der Waals surface area contributed by atoms with E-state index < -0.39 is 0 Å². The highest BCUT2D eigenvalue weighted by molar-refractivity contribution is 5.72. The predicted molar refractivity (Wildman–Crippen MR) is 91.7 cm³/mol. The Labute approximate surface area is 129 Å². The lowest BCUT2D eigenvalue weighted by molar-refractivity contribution is 0.431. The Balaban J connectivity index is 2.18. The Morgan fingerprint density at radius 1 is 0.905 bits per heavy atom. The van der Waals surface area contributed by atoms with Crippen molar-refractivity contribution in [3.63, 3.8) is 0 Å². The first kappa shape index (κ1) is 14.4. The molecule has 0 saturated heterocycles. The van der Waals surface area contributed by atoms with Crippen LogP contribution in [-0.4, -0.2) is 0 Å². The number of benzene rings is 2. The molecule has 0 heterocycles. The lowest BCUT2D eigenvalue weighted by atomic mass is 9.79. The highest BCUT2D eigenvalue weighted by atomic mass is 14.2. The Morgan fingerprint density at radius 2 is 1.71 bits per heavy atom. The quantitative estimate of drug-likeness (QED) is 0.544. The monoisotopic (exact) mass is 278 g/mol. The van der Waals surface area contributed by atoms with E-state index in [1.807, 2.05) is 0 Å². The van der Waals surface area contributed by atoms with Gasteiger partial charge in [0, 0.05) is 0 Å². The van der Waals surface area contributed by atoms with E-state index in [-0.39, 0.29) is 0 Å². The molecule has 0 aromatic heterocycles. The summed E-state index contributed by atoms with van der Waals surface area (Å²) < 4.78 is 0. The number of hydrogen-bond acceptors (Lipinski definition) is 0. The van der Waals surface area contributed by atoms with Crippen LogP contribution in [0.3, 0.4) is 0 Å². The van der Waals surface area contributed by atoms with Gasteiger partial charge in [-0.1, -0.05) is 74.7 Å². The molecular weight excluding hydrogens is 252 g/mol. The fourth-order valence-electron chi connectivity index (χ4n) is 3.67. The molecule has 21 heavy (non-hydrogen) atoms. The van der Waals surface area contributed by atoms with Crippen LogP contribution in [-0.2, 0) is 6.42 Å². The molecule has 0 spiro atoms. The maximum Gasteiger partial charge on any atom is -0.0146 e. The van der Waals surface area contributed by atoms with Crippen LogP contribution in [0.2, 0.25) is 0 Å². The number of hydrogen-bond donors (Lipinski definition) is 0. The second-order valence-corrected chi connectivity index (χ2v) is 6.76. The zero-order valence-electron chi connectivity index (χ0n) is 13.5. The summed E-state index contributed by atoms with van der Waals surface area (Å²) in [5.41, 5.74) is 7.34. The summed E-state index contributed by atoms with van der Waals surface area (Å²) in [6, 6.07) is 16.0. The van der Waals surface area contributed by atoms with E-state index in [9.17, 15) is 0 Å². The molecule has 0 nitrogen and oxygen atoms in total. The van der Waals surface area contributed by atoms with Crippen LogP contribution >= 0.6 is 0 Å². The van der Waals surface area contributed by atoms with Crippen LogP contribution in [0.25, 0.3) is 11.1 Å². The first-order valence-electron chi connectivity index (χ1n) is 8.35. The highest BCUT2D eigenvalue weighted by Crippen LogP contribution is 2.38. The largest absolute Gasteiger partial charge is 0.0619 e. The van der Waals surface area contributed by atoms with Gasteiger partial charge in [0.25, 0.3) is 0 Å². The number of aryl methyl sites for hydroxylation is 2. The highest BCUT2D eigenvalue weighted by Gasteiger charge is 2.20. The average molecular weight is 278 g/mol. The summed E-state index contributed by atoms with van der Waals surface area (Å²) in [6.07, 6.45) is 5.22. The first-order valence-corrected chi connectivity index (χ1v) is 8.35. The molecule has 0 fully saturated rings. The fraction of sp³-hybridized carbons (Fsp3) is 0.429. The van der Waals surface area contributed by atoms with Gasteiger partial charge in [0.15, 0.2) is 0 Å². The molecule has 0 bridgehead atoms. The smallest absolute Gasteiger partial charge is 0.0146 e. The third-order valence-corrected chi connectivity index (χ3v) is 5.21. The van der Waals surface area contributed by atoms with Crippen LogP contribution in [0.15, 0.2) is 42.5 Å². The van der Waals surface area contributed by atoms with Crippen LogP contribution in [0.1, 0.15) is 55.7 Å². The van der Waals surface area contributed by atoms with Crippen molar-refractivity contribution in [1.29, 1.82) is 0 Å². The first-order chi connectivity index (χ1) is 10.2. The van der Waals surface area contributed by atoms with Gasteiger partial charge in [-0.15, -0.1) is 0 Å². The minimum atomic E-state index is 0.633. The Bertz CT molecular complexity index is 624. The molecule has 2 atom stereocenters. The third kappa shape index (κ3) is 2.90. The summed E-state index contributed by atoms with van der Waals surface area (Å²) in [6.45, 7) is 7.02. The maximum absolute atomic E-state index is 2.42. The molecule has 1 aliphatic carbocycles. The van der Waals surface area contributed by atoms with Crippen LogP contribution in [0.4, 0.5) is 0 Å². The Kier molecular flexibility index (Phi) is 4.14. The fourth-order valence-corrected chi connectivity index (χ4v) is 3.67. The average Bonchev–Trinajstić information content (AvgIpc) is 2.50. The van der Waals surface area contributed by atoms with Gasteiger partial charge in [-0.05, 0) is 53.9 Å². The lowest BCUT2D eigenvalue weighted by Crippen LogP contribution is -2.10. The van der Waals surface area contributed by atoms with Gasteiger partial charge < -0.3 is 0 Å². The summed E-state index contributed by atoms with van der Waals surface area (Å²) in [5, 5.41) is 0. The normalized spacial score (nSPS) is 22.2. The van der Waals surface area contributed by atoms with Crippen molar-refractivity contribution in [3.8, 4) is 11.1 Å². The molecule has 0 heteroatoms. The molecule has 3 rings (SSSR count). The molecule has 0 saturated carbocycles. The van der Waals surface area contributed by atoms with E-state index in [4.69, 9.17) is 0 Å². The van der Waals surface area contributed by atoms with Crippen LogP contribution in [0, 0.1) is 12.8 Å². The van der Waals surface area contributed by atoms with Crippen molar-refractivity contribution in [2.24, 2.45) is 5.92 Å². The van der Waals surface area contributed by atoms with Crippen molar-refractivity contribution in [3.05, 3.63) is 59.2 Å². The van der Waals surface area contributed by atoms with Gasteiger partial charge in [-0.25, -0.2) is 0 Å². The van der Waals surface area contributed by atoms with Crippen LogP contribution in [0.5, 0.6) is 0 Å². The molecule has 110 valence electrons. The van der Waals surface area contributed by atoms with E-state index in [2.05, 4.69) is 63.2 Å². The van der Waals surface area contributed by atoms with Crippen molar-refractivity contribution < 1.29 is 0 Å². The Hall–Kier alpha value is -1.56. The molecule has 2 aromatic rings. The molecule has 2 unspecified atom stereocenters. The van der Waals surface area contributed by atoms with Gasteiger partial charge in [0.05, 0.1) is 0 Å². The molecule has 2 aromatic carbocycles.